The van der Waals surface area contributed by atoms with Gasteiger partial charge in [0.25, 0.3) is 0 Å². The van der Waals surface area contributed by atoms with Gasteiger partial charge in [-0.2, -0.15) is 13.2 Å². The van der Waals surface area contributed by atoms with Crippen LogP contribution >= 0.6 is 0 Å². The van der Waals surface area contributed by atoms with E-state index in [2.05, 4.69) is 30.5 Å². The van der Waals surface area contributed by atoms with E-state index in [1.165, 1.54) is 30.5 Å². The molecule has 10 heteroatoms. The van der Waals surface area contributed by atoms with Crippen LogP contribution in [0.1, 0.15) is 5.69 Å². The summed E-state index contributed by atoms with van der Waals surface area (Å²) in [6, 6.07) is 11.3. The van der Waals surface area contributed by atoms with E-state index in [0.717, 1.165) is 12.3 Å². The summed E-state index contributed by atoms with van der Waals surface area (Å²) in [6.45, 7) is 0. The van der Waals surface area contributed by atoms with Gasteiger partial charge < -0.3 is 5.32 Å². The Bertz CT molecular complexity index is 1180. The molecule has 0 aliphatic rings. The molecule has 0 aliphatic heterocycles. The van der Waals surface area contributed by atoms with Crippen LogP contribution in [-0.2, 0) is 6.18 Å². The largest absolute Gasteiger partial charge is 0.433 e. The second-order valence-corrected chi connectivity index (χ2v) is 6.11. The molecule has 0 fully saturated rings. The van der Waals surface area contributed by atoms with Gasteiger partial charge in [0, 0.05) is 23.5 Å². The van der Waals surface area contributed by atoms with E-state index in [1.807, 2.05) is 0 Å². The van der Waals surface area contributed by atoms with Gasteiger partial charge in [-0.05, 0) is 36.4 Å². The normalized spacial score (nSPS) is 11.3. The zero-order chi connectivity index (χ0) is 21.1. The maximum Gasteiger partial charge on any atom is 0.433 e. The van der Waals surface area contributed by atoms with Gasteiger partial charge in [0.1, 0.15) is 22.9 Å². The number of hydrogen-bond donors (Lipinski definition) is 1. The molecule has 150 valence electrons. The third-order valence-corrected chi connectivity index (χ3v) is 4.06. The lowest BCUT2D eigenvalue weighted by atomic mass is 10.0. The smallest absolute Gasteiger partial charge is 0.321 e. The molecule has 1 aromatic carbocycles. The van der Waals surface area contributed by atoms with Crippen LogP contribution in [0.2, 0.25) is 0 Å². The van der Waals surface area contributed by atoms with Crippen LogP contribution < -0.4 is 5.32 Å². The Morgan fingerprint density at radius 1 is 0.867 bits per heavy atom. The first-order valence-electron chi connectivity index (χ1n) is 8.62. The maximum absolute atomic E-state index is 14.5. The van der Waals surface area contributed by atoms with Crippen molar-refractivity contribution in [2.75, 3.05) is 5.32 Å². The monoisotopic (exact) mass is 412 g/mol. The summed E-state index contributed by atoms with van der Waals surface area (Å²) in [7, 11) is 0. The van der Waals surface area contributed by atoms with Crippen molar-refractivity contribution in [2.45, 2.75) is 6.18 Å². The summed E-state index contributed by atoms with van der Waals surface area (Å²) in [5, 5.41) is 10.8. The quantitative estimate of drug-likeness (QED) is 0.481. The Labute approximate surface area is 167 Å². The van der Waals surface area contributed by atoms with Crippen LogP contribution in [0.15, 0.2) is 67.1 Å². The summed E-state index contributed by atoms with van der Waals surface area (Å²) >= 11 is 0. The standard InChI is InChI=1S/C20H12F4N6/c21-15-6-2-1-5-14(15)18-17(12-7-9-26-16(10-12)20(22,23)24)29-30-19(28-18)27-13-4-3-8-25-11-13/h1-11H,(H,27,28,30). The SMILES string of the molecule is Fc1ccccc1-c1nc(Nc2cccnc2)nnc1-c1ccnc(C(F)(F)F)c1. The molecular weight excluding hydrogens is 400 g/mol. The van der Waals surface area contributed by atoms with Crippen LogP contribution in [0.5, 0.6) is 0 Å². The zero-order valence-electron chi connectivity index (χ0n) is 15.1. The van der Waals surface area contributed by atoms with Gasteiger partial charge in [0.2, 0.25) is 5.95 Å². The van der Waals surface area contributed by atoms with Crippen molar-refractivity contribution in [2.24, 2.45) is 0 Å². The predicted octanol–water partition coefficient (Wildman–Crippen LogP) is 4.90. The van der Waals surface area contributed by atoms with Gasteiger partial charge in [-0.15, -0.1) is 10.2 Å². The van der Waals surface area contributed by atoms with Crippen LogP contribution in [-0.4, -0.2) is 25.1 Å². The summed E-state index contributed by atoms with van der Waals surface area (Å²) in [5.74, 6) is -0.563. The van der Waals surface area contributed by atoms with Crippen LogP contribution in [0.25, 0.3) is 22.5 Å². The minimum atomic E-state index is -4.64. The highest BCUT2D eigenvalue weighted by Gasteiger charge is 2.33. The van der Waals surface area contributed by atoms with Gasteiger partial charge >= 0.3 is 6.18 Å². The fourth-order valence-electron chi connectivity index (χ4n) is 2.71. The second-order valence-electron chi connectivity index (χ2n) is 6.11. The number of halogens is 4. The summed E-state index contributed by atoms with van der Waals surface area (Å²) in [6.07, 6.45) is -0.526. The van der Waals surface area contributed by atoms with Gasteiger partial charge in [0.05, 0.1) is 11.9 Å². The maximum atomic E-state index is 14.5. The molecule has 0 atom stereocenters. The van der Waals surface area contributed by atoms with E-state index >= 15 is 0 Å². The molecule has 3 heterocycles. The molecule has 0 unspecified atom stereocenters. The topological polar surface area (TPSA) is 76.5 Å². The van der Waals surface area contributed by atoms with Crippen molar-refractivity contribution < 1.29 is 17.6 Å². The number of alkyl halides is 3. The lowest BCUT2D eigenvalue weighted by Gasteiger charge is -2.12. The van der Waals surface area contributed by atoms with E-state index in [1.54, 1.807) is 24.4 Å². The number of nitrogens with zero attached hydrogens (tertiary/aromatic N) is 5. The molecule has 0 saturated carbocycles. The molecule has 0 bridgehead atoms. The Kier molecular flexibility index (Phi) is 5.05. The van der Waals surface area contributed by atoms with E-state index in [4.69, 9.17) is 0 Å². The Morgan fingerprint density at radius 3 is 2.43 bits per heavy atom. The molecule has 0 amide bonds. The summed E-state index contributed by atoms with van der Waals surface area (Å²) in [4.78, 5) is 11.6. The number of pyridine rings is 2. The van der Waals surface area contributed by atoms with E-state index in [0.29, 0.717) is 5.69 Å². The van der Waals surface area contributed by atoms with E-state index in [9.17, 15) is 17.6 Å². The number of benzene rings is 1. The first kappa shape index (κ1) is 19.4. The van der Waals surface area contributed by atoms with Crippen LogP contribution in [0, 0.1) is 5.82 Å². The van der Waals surface area contributed by atoms with Crippen molar-refractivity contribution in [3.05, 3.63) is 78.6 Å². The number of nitrogens with one attached hydrogen (secondary N) is 1. The van der Waals surface area contributed by atoms with Crippen molar-refractivity contribution in [1.29, 1.82) is 0 Å². The van der Waals surface area contributed by atoms with Gasteiger partial charge in [-0.1, -0.05) is 12.1 Å². The lowest BCUT2D eigenvalue weighted by molar-refractivity contribution is -0.141. The highest BCUT2D eigenvalue weighted by molar-refractivity contribution is 5.78. The summed E-state index contributed by atoms with van der Waals surface area (Å²) in [5.41, 5.74) is -0.377. The highest BCUT2D eigenvalue weighted by Crippen LogP contribution is 2.34. The lowest BCUT2D eigenvalue weighted by Crippen LogP contribution is -2.08. The van der Waals surface area contributed by atoms with Crippen LogP contribution in [0.3, 0.4) is 0 Å². The average molecular weight is 412 g/mol. The first-order chi connectivity index (χ1) is 14.4. The molecule has 3 aromatic heterocycles. The molecule has 0 radical (unpaired) electrons. The molecule has 30 heavy (non-hydrogen) atoms. The number of anilines is 2. The molecule has 6 nitrogen and oxygen atoms in total. The molecule has 4 rings (SSSR count). The molecule has 1 N–H and O–H groups in total. The van der Waals surface area contributed by atoms with Gasteiger partial charge in [-0.25, -0.2) is 9.37 Å². The van der Waals surface area contributed by atoms with Crippen molar-refractivity contribution in [1.82, 2.24) is 25.1 Å². The van der Waals surface area contributed by atoms with Crippen LogP contribution in [0.4, 0.5) is 29.2 Å². The number of rotatable bonds is 4. The predicted molar refractivity (Wildman–Crippen MR) is 101 cm³/mol. The zero-order valence-corrected chi connectivity index (χ0v) is 15.1. The fraction of sp³-hybridized carbons (Fsp3) is 0.0500. The first-order valence-corrected chi connectivity index (χ1v) is 8.62. The third kappa shape index (κ3) is 4.07. The van der Waals surface area contributed by atoms with Gasteiger partial charge in [-0.3, -0.25) is 9.97 Å². The Balaban J connectivity index is 1.85. The fourth-order valence-corrected chi connectivity index (χ4v) is 2.71. The number of hydrogen-bond acceptors (Lipinski definition) is 6. The minimum Gasteiger partial charge on any atom is -0.321 e. The minimum absolute atomic E-state index is 0.00950. The third-order valence-electron chi connectivity index (χ3n) is 4.06. The Morgan fingerprint density at radius 2 is 1.70 bits per heavy atom. The molecular formula is C20H12F4N6. The highest BCUT2D eigenvalue weighted by atomic mass is 19.4. The molecule has 0 aliphatic carbocycles. The van der Waals surface area contributed by atoms with E-state index in [-0.39, 0.29) is 28.5 Å². The van der Waals surface area contributed by atoms with E-state index < -0.39 is 17.7 Å². The Hall–Kier alpha value is -3.95. The molecule has 0 saturated heterocycles. The molecule has 0 spiro atoms. The molecule has 4 aromatic rings. The second kappa shape index (κ2) is 7.82. The van der Waals surface area contributed by atoms with Crippen molar-refractivity contribution in [3.63, 3.8) is 0 Å². The average Bonchev–Trinajstić information content (AvgIpc) is 2.74. The number of aromatic nitrogens is 5. The van der Waals surface area contributed by atoms with Crippen molar-refractivity contribution >= 4 is 11.6 Å². The summed E-state index contributed by atoms with van der Waals surface area (Å²) < 4.78 is 53.7. The van der Waals surface area contributed by atoms with Gasteiger partial charge in [0.15, 0.2) is 0 Å². The van der Waals surface area contributed by atoms with Crippen molar-refractivity contribution in [3.8, 4) is 22.5 Å².